The quantitative estimate of drug-likeness (QED) is 0.694. The highest BCUT2D eigenvalue weighted by atomic mass is 16.5. The minimum Gasteiger partial charge on any atom is -0.381 e. The van der Waals surface area contributed by atoms with Crippen LogP contribution in [0.15, 0.2) is 42.9 Å². The average molecular weight is 368 g/mol. The Hall–Kier alpha value is -1.78. The lowest BCUT2D eigenvalue weighted by Crippen LogP contribution is -2.42. The molecule has 2 aromatic rings. The van der Waals surface area contributed by atoms with E-state index in [4.69, 9.17) is 4.74 Å². The van der Waals surface area contributed by atoms with Gasteiger partial charge in [0.25, 0.3) is 0 Å². The maximum atomic E-state index is 5.94. The van der Waals surface area contributed by atoms with Gasteiger partial charge < -0.3 is 4.74 Å². The number of hydrogen-bond acceptors (Lipinski definition) is 4. The lowest BCUT2D eigenvalue weighted by Gasteiger charge is -2.38. The predicted molar refractivity (Wildman–Crippen MR) is 110 cm³/mol. The first-order chi connectivity index (χ1) is 13.0. The number of ether oxygens (including phenoxy) is 1. The van der Waals surface area contributed by atoms with Gasteiger partial charge in [-0.25, -0.2) is 0 Å². The van der Waals surface area contributed by atoms with Crippen LogP contribution >= 0.6 is 0 Å². The molecule has 27 heavy (non-hydrogen) atoms. The van der Waals surface area contributed by atoms with Crippen LogP contribution in [-0.4, -0.2) is 41.2 Å². The minimum atomic E-state index is -0.0248. The molecule has 4 heteroatoms. The molecule has 1 fully saturated rings. The lowest BCUT2D eigenvalue weighted by molar-refractivity contribution is 0.0384. The van der Waals surface area contributed by atoms with Gasteiger partial charge in [-0.1, -0.05) is 12.1 Å². The maximum absolute atomic E-state index is 5.94. The molecule has 0 N–H and O–H groups in total. The van der Waals surface area contributed by atoms with E-state index in [1.807, 2.05) is 31.6 Å². The van der Waals surface area contributed by atoms with Crippen molar-refractivity contribution >= 4 is 0 Å². The number of aryl methyl sites for hydroxylation is 2. The van der Waals surface area contributed by atoms with Crippen molar-refractivity contribution in [3.8, 4) is 0 Å². The molecule has 0 amide bonds. The topological polar surface area (TPSA) is 38.2 Å². The van der Waals surface area contributed by atoms with E-state index in [0.717, 1.165) is 44.8 Å². The first-order valence-electron chi connectivity index (χ1n) is 10.1. The summed E-state index contributed by atoms with van der Waals surface area (Å²) in [4.78, 5) is 11.4. The van der Waals surface area contributed by atoms with Crippen LogP contribution in [0.25, 0.3) is 0 Å². The first-order valence-corrected chi connectivity index (χ1v) is 10.1. The van der Waals surface area contributed by atoms with Crippen LogP contribution in [0.2, 0.25) is 0 Å². The zero-order chi connectivity index (χ0) is 19.3. The van der Waals surface area contributed by atoms with E-state index in [9.17, 15) is 0 Å². The number of pyridine rings is 2. The molecule has 2 aromatic heterocycles. The molecule has 1 saturated heterocycles. The minimum absolute atomic E-state index is 0.0248. The number of likely N-dealkylation sites (tertiary alicyclic amines) is 1. The molecule has 4 nitrogen and oxygen atoms in total. The molecule has 0 saturated carbocycles. The fourth-order valence-corrected chi connectivity index (χ4v) is 4.09. The van der Waals surface area contributed by atoms with Crippen LogP contribution in [0.1, 0.15) is 50.4 Å². The molecule has 1 atom stereocenters. The number of hydrogen-bond donors (Lipinski definition) is 0. The molecule has 1 aliphatic heterocycles. The molecule has 3 rings (SSSR count). The van der Waals surface area contributed by atoms with E-state index in [1.165, 1.54) is 17.5 Å². The Morgan fingerprint density at radius 2 is 2.07 bits per heavy atom. The van der Waals surface area contributed by atoms with Crippen molar-refractivity contribution in [2.45, 2.75) is 52.5 Å². The van der Waals surface area contributed by atoms with Crippen molar-refractivity contribution in [2.24, 2.45) is 5.41 Å². The molecule has 0 aromatic carbocycles. The molecule has 146 valence electrons. The molecule has 0 spiro atoms. The van der Waals surface area contributed by atoms with Gasteiger partial charge in [0.1, 0.15) is 0 Å². The summed E-state index contributed by atoms with van der Waals surface area (Å²) >= 11 is 0. The summed E-state index contributed by atoms with van der Waals surface area (Å²) in [5.41, 5.74) is 3.85. The zero-order valence-electron chi connectivity index (χ0n) is 17.2. The Bertz CT molecular complexity index is 714. The van der Waals surface area contributed by atoms with Crippen LogP contribution in [0.3, 0.4) is 0 Å². The van der Waals surface area contributed by atoms with E-state index in [1.54, 1.807) is 0 Å². The Morgan fingerprint density at radius 3 is 2.74 bits per heavy atom. The van der Waals surface area contributed by atoms with Gasteiger partial charge in [-0.2, -0.15) is 0 Å². The van der Waals surface area contributed by atoms with E-state index in [-0.39, 0.29) is 11.0 Å². The lowest BCUT2D eigenvalue weighted by atomic mass is 9.82. The van der Waals surface area contributed by atoms with Gasteiger partial charge in [0.2, 0.25) is 0 Å². The smallest absolute Gasteiger partial charge is 0.0535 e. The van der Waals surface area contributed by atoms with E-state index in [2.05, 4.69) is 53.8 Å². The summed E-state index contributed by atoms with van der Waals surface area (Å²) in [6, 6.07) is 8.54. The summed E-state index contributed by atoms with van der Waals surface area (Å²) in [5, 5.41) is 0. The Labute approximate surface area is 164 Å². The molecule has 0 aliphatic carbocycles. The van der Waals surface area contributed by atoms with Gasteiger partial charge in [-0.3, -0.25) is 14.9 Å². The Balaban J connectivity index is 1.73. The van der Waals surface area contributed by atoms with Gasteiger partial charge >= 0.3 is 0 Å². The molecule has 0 radical (unpaired) electrons. The number of rotatable bonds is 8. The molecule has 0 bridgehead atoms. The van der Waals surface area contributed by atoms with Gasteiger partial charge in [-0.05, 0) is 76.8 Å². The second kappa shape index (κ2) is 8.49. The van der Waals surface area contributed by atoms with Crippen LogP contribution < -0.4 is 0 Å². The second-order valence-corrected chi connectivity index (χ2v) is 8.42. The third-order valence-electron chi connectivity index (χ3n) is 6.13. The van der Waals surface area contributed by atoms with E-state index in [0.29, 0.717) is 0 Å². The van der Waals surface area contributed by atoms with Gasteiger partial charge in [0.05, 0.1) is 6.61 Å². The molecular formula is C23H33N3O. The SMILES string of the molecule is CCOC[C@]1(CCc2cccnc2)CCN(C(C)(C)c2ccc(C)nc2)C1. The van der Waals surface area contributed by atoms with Crippen molar-refractivity contribution in [2.75, 3.05) is 26.3 Å². The van der Waals surface area contributed by atoms with Gasteiger partial charge in [0, 0.05) is 48.4 Å². The standard InChI is InChI=1S/C23H33N3O/c1-5-27-18-23(11-10-20-7-6-13-24-15-20)12-14-26(17-23)22(3,4)21-9-8-19(2)25-16-21/h6-9,13,15-16H,5,10-12,14,17-18H2,1-4H3/t23-/m1/s1. The second-order valence-electron chi connectivity index (χ2n) is 8.42. The highest BCUT2D eigenvalue weighted by Crippen LogP contribution is 2.41. The predicted octanol–water partition coefficient (Wildman–Crippen LogP) is 4.38. The van der Waals surface area contributed by atoms with Gasteiger partial charge in [0.15, 0.2) is 0 Å². The fourth-order valence-electron chi connectivity index (χ4n) is 4.09. The fraction of sp³-hybridized carbons (Fsp3) is 0.565. The van der Waals surface area contributed by atoms with Crippen LogP contribution in [0.5, 0.6) is 0 Å². The highest BCUT2D eigenvalue weighted by Gasteiger charge is 2.43. The molecule has 3 heterocycles. The summed E-state index contributed by atoms with van der Waals surface area (Å²) < 4.78 is 5.94. The van der Waals surface area contributed by atoms with E-state index >= 15 is 0 Å². The van der Waals surface area contributed by atoms with Crippen molar-refractivity contribution < 1.29 is 4.74 Å². The van der Waals surface area contributed by atoms with Crippen molar-refractivity contribution in [1.82, 2.24) is 14.9 Å². The monoisotopic (exact) mass is 367 g/mol. The Morgan fingerprint density at radius 1 is 1.22 bits per heavy atom. The third kappa shape index (κ3) is 4.74. The van der Waals surface area contributed by atoms with Crippen LogP contribution in [0, 0.1) is 12.3 Å². The zero-order valence-corrected chi connectivity index (χ0v) is 17.2. The highest BCUT2D eigenvalue weighted by molar-refractivity contribution is 5.22. The van der Waals surface area contributed by atoms with Crippen molar-refractivity contribution in [3.63, 3.8) is 0 Å². The maximum Gasteiger partial charge on any atom is 0.0535 e. The molecule has 1 aliphatic rings. The first kappa shape index (κ1) is 20.0. The molecular weight excluding hydrogens is 334 g/mol. The summed E-state index contributed by atoms with van der Waals surface area (Å²) in [6.07, 6.45) is 9.24. The summed E-state index contributed by atoms with van der Waals surface area (Å²) in [6.45, 7) is 12.5. The third-order valence-corrected chi connectivity index (χ3v) is 6.13. The van der Waals surface area contributed by atoms with E-state index < -0.39 is 0 Å². The summed E-state index contributed by atoms with van der Waals surface area (Å²) in [5.74, 6) is 0. The van der Waals surface area contributed by atoms with Crippen molar-refractivity contribution in [1.29, 1.82) is 0 Å². The number of nitrogens with zero attached hydrogens (tertiary/aromatic N) is 3. The Kier molecular flexibility index (Phi) is 6.28. The normalized spacial score (nSPS) is 20.9. The van der Waals surface area contributed by atoms with Crippen molar-refractivity contribution in [3.05, 3.63) is 59.7 Å². The van der Waals surface area contributed by atoms with Crippen LogP contribution in [0.4, 0.5) is 0 Å². The largest absolute Gasteiger partial charge is 0.381 e. The molecule has 0 unspecified atom stereocenters. The summed E-state index contributed by atoms with van der Waals surface area (Å²) in [7, 11) is 0. The van der Waals surface area contributed by atoms with Crippen LogP contribution in [-0.2, 0) is 16.7 Å². The average Bonchev–Trinajstić information content (AvgIpc) is 3.12. The number of aromatic nitrogens is 2. The van der Waals surface area contributed by atoms with Gasteiger partial charge in [-0.15, -0.1) is 0 Å².